The third-order valence-electron chi connectivity index (χ3n) is 4.43. The molecular formula is C17H18ClN7O. The number of hydrogen-bond donors (Lipinski definition) is 1. The van der Waals surface area contributed by atoms with Gasteiger partial charge in [0.2, 0.25) is 0 Å². The van der Waals surface area contributed by atoms with Crippen LogP contribution in [0.2, 0.25) is 5.02 Å². The summed E-state index contributed by atoms with van der Waals surface area (Å²) in [5, 5.41) is 14.7. The normalized spacial score (nSPS) is 15.0. The molecule has 2 heterocycles. The molecule has 1 N–H and O–H groups in total. The lowest BCUT2D eigenvalue weighted by atomic mass is 10.1. The van der Waals surface area contributed by atoms with Crippen LogP contribution in [0.25, 0.3) is 5.69 Å². The third-order valence-corrected chi connectivity index (χ3v) is 4.66. The third kappa shape index (κ3) is 3.45. The highest BCUT2D eigenvalue weighted by Crippen LogP contribution is 2.30. The van der Waals surface area contributed by atoms with Crippen LogP contribution in [0.4, 0.5) is 0 Å². The van der Waals surface area contributed by atoms with Crippen molar-refractivity contribution in [3.05, 3.63) is 53.3 Å². The van der Waals surface area contributed by atoms with Gasteiger partial charge in [-0.15, -0.1) is 10.2 Å². The van der Waals surface area contributed by atoms with Crippen molar-refractivity contribution in [1.29, 1.82) is 0 Å². The number of aromatic nitrogens is 6. The number of rotatable bonds is 6. The SMILES string of the molecule is CC(CN(C(=O)c1cn(-c2cccc(Cl)c2)cn1)C1CC1)c1nn[nH]n1. The van der Waals surface area contributed by atoms with Gasteiger partial charge in [0, 0.05) is 35.4 Å². The number of tetrazole rings is 1. The van der Waals surface area contributed by atoms with E-state index in [1.54, 1.807) is 17.1 Å². The van der Waals surface area contributed by atoms with Crippen molar-refractivity contribution in [2.24, 2.45) is 0 Å². The summed E-state index contributed by atoms with van der Waals surface area (Å²) in [6.07, 6.45) is 5.40. The second kappa shape index (κ2) is 6.87. The molecule has 9 heteroatoms. The van der Waals surface area contributed by atoms with Crippen molar-refractivity contribution in [2.45, 2.75) is 31.7 Å². The summed E-state index contributed by atoms with van der Waals surface area (Å²) in [5.41, 5.74) is 1.28. The number of aromatic amines is 1. The highest BCUT2D eigenvalue weighted by molar-refractivity contribution is 6.30. The minimum atomic E-state index is -0.0800. The molecule has 1 fully saturated rings. The number of hydrogen-bond acceptors (Lipinski definition) is 5. The number of carbonyl (C=O) groups excluding carboxylic acids is 1. The van der Waals surface area contributed by atoms with Crippen molar-refractivity contribution >= 4 is 17.5 Å². The number of imidazole rings is 1. The fourth-order valence-electron chi connectivity index (χ4n) is 2.90. The van der Waals surface area contributed by atoms with E-state index in [4.69, 9.17) is 11.6 Å². The van der Waals surface area contributed by atoms with E-state index in [2.05, 4.69) is 25.6 Å². The minimum absolute atomic E-state index is 0.00619. The highest BCUT2D eigenvalue weighted by atomic mass is 35.5. The summed E-state index contributed by atoms with van der Waals surface area (Å²) >= 11 is 6.04. The number of amides is 1. The van der Waals surface area contributed by atoms with Gasteiger partial charge < -0.3 is 9.47 Å². The first-order valence-electron chi connectivity index (χ1n) is 8.46. The maximum absolute atomic E-state index is 13.0. The number of benzene rings is 1. The monoisotopic (exact) mass is 371 g/mol. The molecule has 0 saturated heterocycles. The highest BCUT2D eigenvalue weighted by Gasteiger charge is 2.35. The lowest BCUT2D eigenvalue weighted by molar-refractivity contribution is 0.0727. The largest absolute Gasteiger partial charge is 0.334 e. The van der Waals surface area contributed by atoms with Crippen molar-refractivity contribution in [2.75, 3.05) is 6.54 Å². The van der Waals surface area contributed by atoms with Gasteiger partial charge in [0.15, 0.2) is 5.82 Å². The zero-order valence-electron chi connectivity index (χ0n) is 14.2. The Labute approximate surface area is 155 Å². The second-order valence-corrected chi connectivity index (χ2v) is 6.94. The lowest BCUT2D eigenvalue weighted by Gasteiger charge is -2.23. The fourth-order valence-corrected chi connectivity index (χ4v) is 3.08. The maximum Gasteiger partial charge on any atom is 0.274 e. The lowest BCUT2D eigenvalue weighted by Crippen LogP contribution is -2.36. The molecule has 1 amide bonds. The van der Waals surface area contributed by atoms with Crippen LogP contribution < -0.4 is 0 Å². The van der Waals surface area contributed by atoms with E-state index in [-0.39, 0.29) is 17.9 Å². The average molecular weight is 372 g/mol. The van der Waals surface area contributed by atoms with Gasteiger partial charge in [-0.25, -0.2) is 4.98 Å². The molecule has 1 aromatic carbocycles. The molecule has 1 aliphatic carbocycles. The van der Waals surface area contributed by atoms with E-state index in [0.29, 0.717) is 23.1 Å². The predicted octanol–water partition coefficient (Wildman–Crippen LogP) is 2.45. The van der Waals surface area contributed by atoms with Crippen LogP contribution in [0.3, 0.4) is 0 Å². The molecule has 1 unspecified atom stereocenters. The quantitative estimate of drug-likeness (QED) is 0.718. The first-order chi connectivity index (χ1) is 12.6. The summed E-state index contributed by atoms with van der Waals surface area (Å²) in [6.45, 7) is 2.52. The van der Waals surface area contributed by atoms with Crippen molar-refractivity contribution in [3.63, 3.8) is 0 Å². The van der Waals surface area contributed by atoms with Gasteiger partial charge in [0.05, 0.1) is 0 Å². The Morgan fingerprint density at radius 1 is 1.46 bits per heavy atom. The zero-order valence-corrected chi connectivity index (χ0v) is 15.0. The van der Waals surface area contributed by atoms with Crippen LogP contribution in [-0.2, 0) is 0 Å². The first-order valence-corrected chi connectivity index (χ1v) is 8.84. The fraction of sp³-hybridized carbons (Fsp3) is 0.353. The Morgan fingerprint density at radius 3 is 3.00 bits per heavy atom. The van der Waals surface area contributed by atoms with Crippen LogP contribution in [-0.4, -0.2) is 53.6 Å². The van der Waals surface area contributed by atoms with Crippen LogP contribution in [0.1, 0.15) is 42.0 Å². The Morgan fingerprint density at radius 2 is 2.31 bits per heavy atom. The average Bonchev–Trinajstić information content (AvgIpc) is 3.13. The molecule has 26 heavy (non-hydrogen) atoms. The molecule has 0 spiro atoms. The predicted molar refractivity (Wildman–Crippen MR) is 95.2 cm³/mol. The molecule has 2 aromatic heterocycles. The summed E-state index contributed by atoms with van der Waals surface area (Å²) in [7, 11) is 0. The molecule has 0 aliphatic heterocycles. The second-order valence-electron chi connectivity index (χ2n) is 6.51. The Balaban J connectivity index is 1.53. The molecule has 4 rings (SSSR count). The number of nitrogens with one attached hydrogen (secondary N) is 1. The van der Waals surface area contributed by atoms with E-state index in [0.717, 1.165) is 18.5 Å². The zero-order chi connectivity index (χ0) is 18.1. The van der Waals surface area contributed by atoms with E-state index >= 15 is 0 Å². The van der Waals surface area contributed by atoms with Crippen molar-refractivity contribution in [3.8, 4) is 5.69 Å². The smallest absolute Gasteiger partial charge is 0.274 e. The van der Waals surface area contributed by atoms with Crippen LogP contribution in [0.5, 0.6) is 0 Å². The van der Waals surface area contributed by atoms with Crippen molar-refractivity contribution < 1.29 is 4.79 Å². The summed E-state index contributed by atoms with van der Waals surface area (Å²) in [6, 6.07) is 7.67. The number of H-pyrrole nitrogens is 1. The van der Waals surface area contributed by atoms with Gasteiger partial charge in [0.1, 0.15) is 12.0 Å². The van der Waals surface area contributed by atoms with E-state index in [9.17, 15) is 4.79 Å². The van der Waals surface area contributed by atoms with Crippen molar-refractivity contribution in [1.82, 2.24) is 35.1 Å². The standard InChI is InChI=1S/C17H18ClN7O/c1-11(16-20-22-23-21-16)8-25(13-5-6-13)17(26)15-9-24(10-19-15)14-4-2-3-12(18)7-14/h2-4,7,9-11,13H,5-6,8H2,1H3,(H,20,21,22,23). The van der Waals surface area contributed by atoms with Gasteiger partial charge in [-0.2, -0.15) is 5.21 Å². The molecule has 8 nitrogen and oxygen atoms in total. The van der Waals surface area contributed by atoms with E-state index < -0.39 is 0 Å². The minimum Gasteiger partial charge on any atom is -0.334 e. The molecular weight excluding hydrogens is 354 g/mol. The maximum atomic E-state index is 13.0. The van der Waals surface area contributed by atoms with Gasteiger partial charge in [-0.05, 0) is 31.0 Å². The Bertz CT molecular complexity index is 903. The topological polar surface area (TPSA) is 92.6 Å². The molecule has 1 aliphatic rings. The molecule has 1 saturated carbocycles. The number of nitrogens with zero attached hydrogens (tertiary/aromatic N) is 6. The Kier molecular flexibility index (Phi) is 4.42. The van der Waals surface area contributed by atoms with E-state index in [1.807, 2.05) is 36.1 Å². The number of halogens is 1. The van der Waals surface area contributed by atoms with Gasteiger partial charge >= 0.3 is 0 Å². The molecule has 0 bridgehead atoms. The van der Waals surface area contributed by atoms with Crippen LogP contribution >= 0.6 is 11.6 Å². The molecule has 1 atom stereocenters. The van der Waals surface area contributed by atoms with Gasteiger partial charge in [0.25, 0.3) is 5.91 Å². The number of carbonyl (C=O) groups is 1. The molecule has 3 aromatic rings. The van der Waals surface area contributed by atoms with Crippen LogP contribution in [0, 0.1) is 0 Å². The molecule has 134 valence electrons. The van der Waals surface area contributed by atoms with Crippen LogP contribution in [0.15, 0.2) is 36.8 Å². The van der Waals surface area contributed by atoms with Gasteiger partial charge in [-0.1, -0.05) is 29.8 Å². The van der Waals surface area contributed by atoms with E-state index in [1.165, 1.54) is 0 Å². The first kappa shape index (κ1) is 16.7. The Hall–Kier alpha value is -2.74. The summed E-state index contributed by atoms with van der Waals surface area (Å²) in [5.74, 6) is 0.518. The van der Waals surface area contributed by atoms with Gasteiger partial charge in [-0.3, -0.25) is 4.79 Å². The molecule has 0 radical (unpaired) electrons. The summed E-state index contributed by atoms with van der Waals surface area (Å²) in [4.78, 5) is 19.2. The summed E-state index contributed by atoms with van der Waals surface area (Å²) < 4.78 is 1.80.